The molecule has 0 aromatic heterocycles. The summed E-state index contributed by atoms with van der Waals surface area (Å²) in [7, 11) is 0. The van der Waals surface area contributed by atoms with Crippen LogP contribution in [0.4, 0.5) is 4.39 Å². The van der Waals surface area contributed by atoms with E-state index in [0.29, 0.717) is 13.0 Å². The van der Waals surface area contributed by atoms with Gasteiger partial charge in [-0.2, -0.15) is 0 Å². The normalized spacial score (nSPS) is 31.7. The molecule has 0 unspecified atom stereocenters. The van der Waals surface area contributed by atoms with Crippen LogP contribution in [0.3, 0.4) is 0 Å². The number of amides is 1. The summed E-state index contributed by atoms with van der Waals surface area (Å²) in [4.78, 5) is 24.6. The third kappa shape index (κ3) is 3.43. The van der Waals surface area contributed by atoms with E-state index in [4.69, 9.17) is 9.47 Å². The van der Waals surface area contributed by atoms with Crippen LogP contribution in [-0.2, 0) is 19.1 Å². The van der Waals surface area contributed by atoms with Gasteiger partial charge in [-0.3, -0.25) is 9.59 Å². The summed E-state index contributed by atoms with van der Waals surface area (Å²) in [6.07, 6.45) is -1.03. The summed E-state index contributed by atoms with van der Waals surface area (Å²) in [6, 6.07) is 0. The molecule has 0 radical (unpaired) electrons. The van der Waals surface area contributed by atoms with E-state index in [2.05, 4.69) is 0 Å². The maximum absolute atomic E-state index is 14.0. The van der Waals surface area contributed by atoms with E-state index in [1.54, 1.807) is 0 Å². The fourth-order valence-corrected chi connectivity index (χ4v) is 2.52. The number of piperidine rings is 1. The molecule has 2 heterocycles. The van der Waals surface area contributed by atoms with Gasteiger partial charge in [0.15, 0.2) is 0 Å². The molecule has 2 rings (SSSR count). The lowest BCUT2D eigenvalue weighted by Gasteiger charge is -2.36. The lowest BCUT2D eigenvalue weighted by atomic mass is 10.0. The summed E-state index contributed by atoms with van der Waals surface area (Å²) in [5.74, 6) is -0.980. The number of hydrogen-bond donors (Lipinski definition) is 0. The van der Waals surface area contributed by atoms with Crippen molar-refractivity contribution in [1.29, 1.82) is 0 Å². The van der Waals surface area contributed by atoms with Crippen molar-refractivity contribution in [1.82, 2.24) is 4.90 Å². The van der Waals surface area contributed by atoms with Crippen LogP contribution in [0.25, 0.3) is 0 Å². The van der Waals surface area contributed by atoms with Crippen LogP contribution in [0.15, 0.2) is 0 Å². The zero-order chi connectivity index (χ0) is 14.0. The molecule has 0 N–H and O–H groups in total. The van der Waals surface area contributed by atoms with Gasteiger partial charge in [-0.1, -0.05) is 0 Å². The summed E-state index contributed by atoms with van der Waals surface area (Å²) in [5, 5.41) is 0. The van der Waals surface area contributed by atoms with Crippen molar-refractivity contribution in [3.8, 4) is 0 Å². The number of nitrogens with zero attached hydrogens (tertiary/aromatic N) is 1. The number of carbonyl (C=O) groups is 2. The van der Waals surface area contributed by atoms with Gasteiger partial charge >= 0.3 is 5.97 Å². The minimum absolute atomic E-state index is 0.0219. The summed E-state index contributed by atoms with van der Waals surface area (Å²) >= 11 is 0. The second kappa shape index (κ2) is 5.86. The molecule has 2 aliphatic rings. The third-order valence-electron chi connectivity index (χ3n) is 3.45. The highest BCUT2D eigenvalue weighted by Crippen LogP contribution is 2.23. The number of likely N-dealkylation sites (tertiary alicyclic amines) is 1. The van der Waals surface area contributed by atoms with Gasteiger partial charge in [0.25, 0.3) is 0 Å². The quantitative estimate of drug-likeness (QED) is 0.717. The topological polar surface area (TPSA) is 55.8 Å². The summed E-state index contributed by atoms with van der Waals surface area (Å²) in [5.41, 5.74) is 0. The second-order valence-electron chi connectivity index (χ2n) is 5.40. The van der Waals surface area contributed by atoms with E-state index in [-0.39, 0.29) is 37.6 Å². The van der Waals surface area contributed by atoms with Crippen LogP contribution < -0.4 is 0 Å². The van der Waals surface area contributed by atoms with Crippen LogP contribution in [0.1, 0.15) is 26.7 Å². The molecule has 6 heteroatoms. The molecule has 1 amide bonds. The molecule has 19 heavy (non-hydrogen) atoms. The van der Waals surface area contributed by atoms with Crippen LogP contribution in [-0.4, -0.2) is 54.9 Å². The first kappa shape index (κ1) is 14.2. The maximum Gasteiger partial charge on any atom is 0.306 e. The Kier molecular flexibility index (Phi) is 4.39. The Bertz CT molecular complexity index is 361. The predicted octanol–water partition coefficient (Wildman–Crippen LogP) is 0.913. The van der Waals surface area contributed by atoms with Crippen molar-refractivity contribution in [3.05, 3.63) is 0 Å². The van der Waals surface area contributed by atoms with Gasteiger partial charge in [0.2, 0.25) is 5.91 Å². The van der Waals surface area contributed by atoms with Gasteiger partial charge < -0.3 is 14.4 Å². The van der Waals surface area contributed by atoms with E-state index < -0.39 is 18.2 Å². The van der Waals surface area contributed by atoms with Gasteiger partial charge in [0.05, 0.1) is 31.1 Å². The van der Waals surface area contributed by atoms with Crippen molar-refractivity contribution in [3.63, 3.8) is 0 Å². The monoisotopic (exact) mass is 273 g/mol. The Morgan fingerprint density at radius 2 is 2.26 bits per heavy atom. The first-order valence-electron chi connectivity index (χ1n) is 6.71. The van der Waals surface area contributed by atoms with Gasteiger partial charge in [-0.05, 0) is 20.3 Å². The maximum atomic E-state index is 14.0. The number of carbonyl (C=O) groups excluding carboxylic acids is 2. The number of alkyl halides is 1. The minimum atomic E-state index is -1.17. The fourth-order valence-electron chi connectivity index (χ4n) is 2.52. The first-order valence-corrected chi connectivity index (χ1v) is 6.71. The smallest absolute Gasteiger partial charge is 0.306 e. The fraction of sp³-hybridized carbons (Fsp3) is 0.846. The zero-order valence-electron chi connectivity index (χ0n) is 11.3. The number of ether oxygens (including phenoxy) is 2. The molecule has 108 valence electrons. The van der Waals surface area contributed by atoms with Crippen LogP contribution >= 0.6 is 0 Å². The average molecular weight is 273 g/mol. The molecule has 2 fully saturated rings. The molecule has 3 atom stereocenters. The van der Waals surface area contributed by atoms with Crippen molar-refractivity contribution in [2.45, 2.75) is 45.1 Å². The van der Waals surface area contributed by atoms with Crippen molar-refractivity contribution < 1.29 is 23.5 Å². The molecule has 0 aliphatic carbocycles. The number of hydrogen-bond acceptors (Lipinski definition) is 4. The van der Waals surface area contributed by atoms with Crippen molar-refractivity contribution in [2.24, 2.45) is 5.92 Å². The molecule has 0 aromatic rings. The standard InChI is InChI=1S/C13H20FNO4/c1-8(2)19-11-3-4-15(6-10(11)14)13(17)9-5-12(16)18-7-9/h8-11H,3-7H2,1-2H3/t9-,10+,11-/m0/s1. The van der Waals surface area contributed by atoms with Gasteiger partial charge in [0, 0.05) is 6.54 Å². The predicted molar refractivity (Wildman–Crippen MR) is 65.2 cm³/mol. The molecule has 0 saturated carbocycles. The first-order chi connectivity index (χ1) is 8.97. The lowest BCUT2D eigenvalue weighted by molar-refractivity contribution is -0.142. The highest BCUT2D eigenvalue weighted by atomic mass is 19.1. The third-order valence-corrected chi connectivity index (χ3v) is 3.45. The van der Waals surface area contributed by atoms with E-state index in [0.717, 1.165) is 0 Å². The zero-order valence-corrected chi connectivity index (χ0v) is 11.3. The van der Waals surface area contributed by atoms with Crippen LogP contribution in [0.5, 0.6) is 0 Å². The Hall–Kier alpha value is -1.17. The highest BCUT2D eigenvalue weighted by Gasteiger charge is 2.38. The SMILES string of the molecule is CC(C)O[C@H]1CCN(C(=O)[C@@H]2COC(=O)C2)C[C@H]1F. The summed E-state index contributed by atoms with van der Waals surface area (Å²) < 4.78 is 24.2. The highest BCUT2D eigenvalue weighted by molar-refractivity contribution is 5.86. The van der Waals surface area contributed by atoms with Crippen molar-refractivity contribution in [2.75, 3.05) is 19.7 Å². The largest absolute Gasteiger partial charge is 0.465 e. The Labute approximate surface area is 112 Å². The van der Waals surface area contributed by atoms with E-state index >= 15 is 0 Å². The lowest BCUT2D eigenvalue weighted by Crippen LogP contribution is -2.50. The molecule has 2 saturated heterocycles. The van der Waals surface area contributed by atoms with Gasteiger partial charge in [-0.15, -0.1) is 0 Å². The number of esters is 1. The Morgan fingerprint density at radius 1 is 1.53 bits per heavy atom. The molecular formula is C13H20FNO4. The van der Waals surface area contributed by atoms with E-state index in [9.17, 15) is 14.0 Å². The Balaban J connectivity index is 1.87. The Morgan fingerprint density at radius 3 is 2.79 bits per heavy atom. The average Bonchev–Trinajstić information content (AvgIpc) is 2.77. The second-order valence-corrected chi connectivity index (χ2v) is 5.40. The number of rotatable bonds is 3. The van der Waals surface area contributed by atoms with E-state index in [1.807, 2.05) is 13.8 Å². The van der Waals surface area contributed by atoms with Gasteiger partial charge in [0.1, 0.15) is 12.8 Å². The molecule has 2 aliphatic heterocycles. The molecule has 0 bridgehead atoms. The summed E-state index contributed by atoms with van der Waals surface area (Å²) in [6.45, 7) is 4.37. The van der Waals surface area contributed by atoms with E-state index in [1.165, 1.54) is 4.90 Å². The van der Waals surface area contributed by atoms with Crippen LogP contribution in [0.2, 0.25) is 0 Å². The molecule has 0 aromatic carbocycles. The molecular weight excluding hydrogens is 253 g/mol. The minimum Gasteiger partial charge on any atom is -0.465 e. The van der Waals surface area contributed by atoms with Crippen LogP contribution in [0, 0.1) is 5.92 Å². The molecule has 5 nitrogen and oxygen atoms in total. The van der Waals surface area contributed by atoms with Gasteiger partial charge in [-0.25, -0.2) is 4.39 Å². The van der Waals surface area contributed by atoms with Crippen molar-refractivity contribution >= 4 is 11.9 Å². The number of halogens is 1. The molecule has 0 spiro atoms. The number of cyclic esters (lactones) is 1.